The van der Waals surface area contributed by atoms with Crippen LogP contribution in [-0.4, -0.2) is 29.5 Å². The first-order valence-electron chi connectivity index (χ1n) is 9.63. The molecular formula is C22H24N4O4. The third-order valence-corrected chi connectivity index (χ3v) is 5.06. The predicted molar refractivity (Wildman–Crippen MR) is 111 cm³/mol. The third-order valence-electron chi connectivity index (χ3n) is 5.06. The number of hydrogen-bond donors (Lipinski definition) is 2. The summed E-state index contributed by atoms with van der Waals surface area (Å²) < 4.78 is 18.0. The fourth-order valence-electron chi connectivity index (χ4n) is 3.41. The van der Waals surface area contributed by atoms with Gasteiger partial charge in [-0.2, -0.15) is 0 Å². The Morgan fingerprint density at radius 2 is 1.97 bits per heavy atom. The number of ether oxygens (including phenoxy) is 3. The number of urea groups is 1. The molecule has 3 aromatic rings. The lowest BCUT2D eigenvalue weighted by molar-refractivity contribution is 0.174. The Kier molecular flexibility index (Phi) is 5.47. The molecule has 0 fully saturated rings. The van der Waals surface area contributed by atoms with Crippen molar-refractivity contribution in [3.63, 3.8) is 0 Å². The zero-order valence-electron chi connectivity index (χ0n) is 17.1. The first-order valence-corrected chi connectivity index (χ1v) is 9.63. The first kappa shape index (κ1) is 19.6. The van der Waals surface area contributed by atoms with E-state index in [1.54, 1.807) is 13.3 Å². The van der Waals surface area contributed by atoms with E-state index < -0.39 is 6.04 Å². The number of nitrogens with one attached hydrogen (secondary N) is 2. The normalized spacial score (nSPS) is 14.1. The molecule has 30 heavy (non-hydrogen) atoms. The molecule has 1 aliphatic heterocycles. The summed E-state index contributed by atoms with van der Waals surface area (Å²) in [6.45, 7) is 2.13. The average Bonchev–Trinajstić information content (AvgIpc) is 3.40. The van der Waals surface area contributed by atoms with Crippen molar-refractivity contribution in [1.82, 2.24) is 20.2 Å². The van der Waals surface area contributed by atoms with Crippen LogP contribution >= 0.6 is 0 Å². The van der Waals surface area contributed by atoms with Gasteiger partial charge in [0.25, 0.3) is 0 Å². The monoisotopic (exact) mass is 408 g/mol. The van der Waals surface area contributed by atoms with Crippen molar-refractivity contribution < 1.29 is 19.0 Å². The van der Waals surface area contributed by atoms with E-state index in [4.69, 9.17) is 14.2 Å². The Morgan fingerprint density at radius 1 is 1.13 bits per heavy atom. The molecule has 0 saturated carbocycles. The number of carbonyl (C=O) groups is 1. The standard InChI is InChI=1S/C22H24N4O4/c1-14(15-7-8-18-19(12-15)30-13-29-18)24-22(27)25-20(21-23-9-10-26(21)2)16-5-4-6-17(11-16)28-3/h4-12,14,20H,13H2,1-3H3,(H2,24,25,27)/t14-,20-/m0/s1. The lowest BCUT2D eigenvalue weighted by atomic mass is 10.1. The van der Waals surface area contributed by atoms with Crippen LogP contribution in [0.3, 0.4) is 0 Å². The molecule has 1 aromatic heterocycles. The minimum Gasteiger partial charge on any atom is -0.497 e. The fourth-order valence-corrected chi connectivity index (χ4v) is 3.41. The van der Waals surface area contributed by atoms with Crippen LogP contribution < -0.4 is 24.8 Å². The molecule has 2 amide bonds. The topological polar surface area (TPSA) is 86.6 Å². The lowest BCUT2D eigenvalue weighted by Crippen LogP contribution is -2.40. The maximum atomic E-state index is 12.9. The van der Waals surface area contributed by atoms with E-state index >= 15 is 0 Å². The molecule has 2 heterocycles. The number of aryl methyl sites for hydroxylation is 1. The molecule has 2 aromatic carbocycles. The Morgan fingerprint density at radius 3 is 2.73 bits per heavy atom. The summed E-state index contributed by atoms with van der Waals surface area (Å²) in [5, 5.41) is 6.02. The SMILES string of the molecule is COc1cccc([C@H](NC(=O)N[C@@H](C)c2ccc3c(c2)OCO3)c2nccn2C)c1. The highest BCUT2D eigenvalue weighted by molar-refractivity contribution is 5.75. The van der Waals surface area contributed by atoms with E-state index in [2.05, 4.69) is 15.6 Å². The molecule has 0 radical (unpaired) electrons. The van der Waals surface area contributed by atoms with Crippen molar-refractivity contribution in [3.8, 4) is 17.2 Å². The van der Waals surface area contributed by atoms with Gasteiger partial charge in [0.05, 0.1) is 13.2 Å². The lowest BCUT2D eigenvalue weighted by Gasteiger charge is -2.22. The van der Waals surface area contributed by atoms with E-state index in [1.165, 1.54) is 0 Å². The maximum absolute atomic E-state index is 12.9. The maximum Gasteiger partial charge on any atom is 0.316 e. The van der Waals surface area contributed by atoms with Crippen molar-refractivity contribution >= 4 is 6.03 Å². The fraction of sp³-hybridized carbons (Fsp3) is 0.273. The average molecular weight is 408 g/mol. The van der Waals surface area contributed by atoms with Gasteiger partial charge in [-0.25, -0.2) is 9.78 Å². The summed E-state index contributed by atoms with van der Waals surface area (Å²) in [4.78, 5) is 17.3. The van der Waals surface area contributed by atoms with E-state index in [0.717, 1.165) is 11.1 Å². The quantitative estimate of drug-likeness (QED) is 0.654. The largest absolute Gasteiger partial charge is 0.497 e. The van der Waals surface area contributed by atoms with Crippen LogP contribution in [0.4, 0.5) is 4.79 Å². The number of carbonyl (C=O) groups excluding carboxylic acids is 1. The van der Waals surface area contributed by atoms with E-state index in [9.17, 15) is 4.79 Å². The highest BCUT2D eigenvalue weighted by Gasteiger charge is 2.23. The predicted octanol–water partition coefficient (Wildman–Crippen LogP) is 3.31. The second-order valence-corrected chi connectivity index (χ2v) is 7.06. The summed E-state index contributed by atoms with van der Waals surface area (Å²) in [5.41, 5.74) is 1.79. The highest BCUT2D eigenvalue weighted by atomic mass is 16.7. The van der Waals surface area contributed by atoms with Gasteiger partial charge >= 0.3 is 6.03 Å². The number of hydrogen-bond acceptors (Lipinski definition) is 5. The number of benzene rings is 2. The number of imidazole rings is 1. The first-order chi connectivity index (χ1) is 14.5. The summed E-state index contributed by atoms with van der Waals surface area (Å²) in [7, 11) is 3.51. The van der Waals surface area contributed by atoms with Gasteiger partial charge in [0, 0.05) is 19.4 Å². The summed E-state index contributed by atoms with van der Waals surface area (Å²) in [5.74, 6) is 2.82. The zero-order chi connectivity index (χ0) is 21.1. The molecule has 0 saturated heterocycles. The van der Waals surface area contributed by atoms with Gasteiger partial charge < -0.3 is 29.4 Å². The number of rotatable bonds is 6. The van der Waals surface area contributed by atoms with Gasteiger partial charge in [-0.3, -0.25) is 0 Å². The molecule has 2 atom stereocenters. The molecule has 4 rings (SSSR count). The Bertz CT molecular complexity index is 1050. The van der Waals surface area contributed by atoms with E-state index in [1.807, 2.05) is 67.2 Å². The Labute approximate surface area is 174 Å². The molecular weight excluding hydrogens is 384 g/mol. The second kappa shape index (κ2) is 8.36. The number of nitrogens with zero attached hydrogens (tertiary/aromatic N) is 2. The van der Waals surface area contributed by atoms with Crippen molar-refractivity contribution in [3.05, 3.63) is 71.8 Å². The highest BCUT2D eigenvalue weighted by Crippen LogP contribution is 2.34. The molecule has 8 heteroatoms. The molecule has 0 bridgehead atoms. The van der Waals surface area contributed by atoms with Gasteiger partial charge in [-0.1, -0.05) is 18.2 Å². The van der Waals surface area contributed by atoms with Crippen molar-refractivity contribution in [2.75, 3.05) is 13.9 Å². The molecule has 8 nitrogen and oxygen atoms in total. The van der Waals surface area contributed by atoms with Gasteiger partial charge in [-0.05, 0) is 42.3 Å². The van der Waals surface area contributed by atoms with Crippen LogP contribution in [0.25, 0.3) is 0 Å². The van der Waals surface area contributed by atoms with Crippen LogP contribution in [0.2, 0.25) is 0 Å². The van der Waals surface area contributed by atoms with E-state index in [-0.39, 0.29) is 18.9 Å². The molecule has 1 aliphatic rings. The number of amides is 2. The van der Waals surface area contributed by atoms with Gasteiger partial charge in [0.1, 0.15) is 17.6 Å². The molecule has 2 N–H and O–H groups in total. The number of aromatic nitrogens is 2. The third kappa shape index (κ3) is 4.03. The molecule has 0 unspecified atom stereocenters. The Balaban J connectivity index is 1.52. The minimum atomic E-state index is -0.441. The van der Waals surface area contributed by atoms with Crippen LogP contribution in [0, 0.1) is 0 Å². The van der Waals surface area contributed by atoms with Crippen LogP contribution in [0.1, 0.15) is 36.0 Å². The van der Waals surface area contributed by atoms with Gasteiger partial charge in [0.15, 0.2) is 11.5 Å². The molecule has 0 spiro atoms. The van der Waals surface area contributed by atoms with E-state index in [0.29, 0.717) is 23.1 Å². The smallest absolute Gasteiger partial charge is 0.316 e. The minimum absolute atomic E-state index is 0.215. The van der Waals surface area contributed by atoms with Crippen LogP contribution in [0.5, 0.6) is 17.2 Å². The molecule has 0 aliphatic carbocycles. The summed E-state index contributed by atoms with van der Waals surface area (Å²) in [6, 6.07) is 12.2. The summed E-state index contributed by atoms with van der Waals surface area (Å²) in [6.07, 6.45) is 3.55. The van der Waals surface area contributed by atoms with Crippen molar-refractivity contribution in [2.24, 2.45) is 7.05 Å². The summed E-state index contributed by atoms with van der Waals surface area (Å²) >= 11 is 0. The van der Waals surface area contributed by atoms with Crippen molar-refractivity contribution in [1.29, 1.82) is 0 Å². The Hall–Kier alpha value is -3.68. The van der Waals surface area contributed by atoms with Crippen LogP contribution in [-0.2, 0) is 7.05 Å². The van der Waals surface area contributed by atoms with Crippen LogP contribution in [0.15, 0.2) is 54.9 Å². The van der Waals surface area contributed by atoms with Gasteiger partial charge in [0.2, 0.25) is 6.79 Å². The number of methoxy groups -OCH3 is 1. The molecule has 156 valence electrons. The van der Waals surface area contributed by atoms with Gasteiger partial charge in [-0.15, -0.1) is 0 Å². The van der Waals surface area contributed by atoms with Crippen molar-refractivity contribution in [2.45, 2.75) is 19.0 Å². The zero-order valence-corrected chi connectivity index (χ0v) is 17.1. The number of fused-ring (bicyclic) bond motifs is 1. The second-order valence-electron chi connectivity index (χ2n) is 7.06.